The zero-order chi connectivity index (χ0) is 13.8. The van der Waals surface area contributed by atoms with Crippen LogP contribution in [0.5, 0.6) is 0 Å². The second-order valence-electron chi connectivity index (χ2n) is 3.95. The fourth-order valence-electron chi connectivity index (χ4n) is 1.66. The minimum absolute atomic E-state index is 0.146. The number of aromatic nitrogens is 3. The number of hydrogen-bond acceptors (Lipinski definition) is 4. The van der Waals surface area contributed by atoms with Crippen molar-refractivity contribution in [1.29, 1.82) is 5.26 Å². The van der Waals surface area contributed by atoms with E-state index in [0.29, 0.717) is 5.02 Å². The Morgan fingerprint density at radius 3 is 2.63 bits per heavy atom. The minimum atomic E-state index is -0.146. The van der Waals surface area contributed by atoms with E-state index < -0.39 is 0 Å². The number of thioether (sulfide) groups is 1. The van der Waals surface area contributed by atoms with Gasteiger partial charge in [-0.05, 0) is 38.1 Å². The lowest BCUT2D eigenvalue weighted by atomic mass is 10.2. The van der Waals surface area contributed by atoms with Crippen molar-refractivity contribution in [3.63, 3.8) is 0 Å². The van der Waals surface area contributed by atoms with E-state index in [4.69, 9.17) is 16.9 Å². The van der Waals surface area contributed by atoms with Crippen LogP contribution in [0.15, 0.2) is 29.4 Å². The van der Waals surface area contributed by atoms with Crippen molar-refractivity contribution in [2.45, 2.75) is 30.8 Å². The van der Waals surface area contributed by atoms with E-state index in [0.717, 1.165) is 23.1 Å². The van der Waals surface area contributed by atoms with Crippen LogP contribution in [0, 0.1) is 11.3 Å². The summed E-state index contributed by atoms with van der Waals surface area (Å²) in [5.74, 6) is 0.798. The zero-order valence-electron chi connectivity index (χ0n) is 10.7. The van der Waals surface area contributed by atoms with Gasteiger partial charge in [0, 0.05) is 17.1 Å². The maximum Gasteiger partial charge on any atom is 0.192 e. The molecule has 1 aromatic carbocycles. The van der Waals surface area contributed by atoms with Gasteiger partial charge in [0.25, 0.3) is 0 Å². The number of halogens is 1. The van der Waals surface area contributed by atoms with Crippen LogP contribution >= 0.6 is 23.4 Å². The van der Waals surface area contributed by atoms with Crippen LogP contribution in [0.25, 0.3) is 11.4 Å². The highest BCUT2D eigenvalue weighted by Crippen LogP contribution is 2.27. The van der Waals surface area contributed by atoms with Gasteiger partial charge in [0.15, 0.2) is 11.0 Å². The number of nitrogens with zero attached hydrogens (tertiary/aromatic N) is 4. The highest BCUT2D eigenvalue weighted by Gasteiger charge is 2.15. The van der Waals surface area contributed by atoms with Gasteiger partial charge in [-0.2, -0.15) is 5.26 Å². The van der Waals surface area contributed by atoms with Crippen LogP contribution in [0.2, 0.25) is 5.02 Å². The van der Waals surface area contributed by atoms with Gasteiger partial charge in [-0.25, -0.2) is 0 Å². The minimum Gasteiger partial charge on any atom is -0.302 e. The summed E-state index contributed by atoms with van der Waals surface area (Å²) in [5, 5.41) is 18.6. The molecule has 0 saturated heterocycles. The Kier molecular flexibility index (Phi) is 4.46. The Morgan fingerprint density at radius 2 is 2.05 bits per heavy atom. The fourth-order valence-corrected chi connectivity index (χ4v) is 2.58. The molecule has 2 aromatic rings. The van der Waals surface area contributed by atoms with E-state index in [1.807, 2.05) is 42.7 Å². The molecule has 0 spiro atoms. The molecule has 1 aromatic heterocycles. The normalized spacial score (nSPS) is 12.1. The first-order chi connectivity index (χ1) is 9.15. The lowest BCUT2D eigenvalue weighted by molar-refractivity contribution is 0.687. The molecule has 4 nitrogen and oxygen atoms in total. The van der Waals surface area contributed by atoms with E-state index in [-0.39, 0.29) is 5.25 Å². The summed E-state index contributed by atoms with van der Waals surface area (Å²) in [6, 6.07) is 9.68. The molecule has 0 saturated carbocycles. The van der Waals surface area contributed by atoms with Gasteiger partial charge in [0.2, 0.25) is 0 Å². The van der Waals surface area contributed by atoms with E-state index >= 15 is 0 Å². The summed E-state index contributed by atoms with van der Waals surface area (Å²) in [7, 11) is 0. The molecular weight excluding hydrogens is 280 g/mol. The van der Waals surface area contributed by atoms with Crippen molar-refractivity contribution in [3.8, 4) is 17.5 Å². The van der Waals surface area contributed by atoms with Crippen molar-refractivity contribution in [2.75, 3.05) is 0 Å². The molecule has 0 radical (unpaired) electrons. The van der Waals surface area contributed by atoms with Crippen molar-refractivity contribution in [1.82, 2.24) is 14.8 Å². The molecule has 6 heteroatoms. The lowest BCUT2D eigenvalue weighted by Crippen LogP contribution is -2.02. The van der Waals surface area contributed by atoms with E-state index in [2.05, 4.69) is 16.3 Å². The Bertz CT molecular complexity index is 600. The molecule has 0 amide bonds. The summed E-state index contributed by atoms with van der Waals surface area (Å²) < 4.78 is 2.00. The van der Waals surface area contributed by atoms with E-state index in [9.17, 15) is 0 Å². The van der Waals surface area contributed by atoms with Crippen LogP contribution in [0.4, 0.5) is 0 Å². The van der Waals surface area contributed by atoms with Crippen LogP contribution in [-0.4, -0.2) is 20.0 Å². The number of benzene rings is 1. The molecule has 1 atom stereocenters. The average molecular weight is 293 g/mol. The van der Waals surface area contributed by atoms with Crippen molar-refractivity contribution in [2.24, 2.45) is 0 Å². The first-order valence-electron chi connectivity index (χ1n) is 5.91. The van der Waals surface area contributed by atoms with E-state index in [1.54, 1.807) is 0 Å². The summed E-state index contributed by atoms with van der Waals surface area (Å²) in [6.07, 6.45) is 0. The molecule has 0 aliphatic carbocycles. The maximum atomic E-state index is 8.87. The number of hydrogen-bond donors (Lipinski definition) is 0. The summed E-state index contributed by atoms with van der Waals surface area (Å²) in [6.45, 7) is 4.64. The third-order valence-corrected chi connectivity index (χ3v) is 3.82. The zero-order valence-corrected chi connectivity index (χ0v) is 12.2. The first kappa shape index (κ1) is 13.9. The molecule has 0 N–H and O–H groups in total. The molecule has 0 unspecified atom stereocenters. The predicted octanol–water partition coefficient (Wildman–Crippen LogP) is 3.62. The van der Waals surface area contributed by atoms with Gasteiger partial charge in [-0.15, -0.1) is 10.2 Å². The summed E-state index contributed by atoms with van der Waals surface area (Å²) >= 11 is 7.30. The third kappa shape index (κ3) is 3.09. The predicted molar refractivity (Wildman–Crippen MR) is 77.1 cm³/mol. The lowest BCUT2D eigenvalue weighted by Gasteiger charge is -2.07. The van der Waals surface area contributed by atoms with Gasteiger partial charge in [0.1, 0.15) is 0 Å². The Morgan fingerprint density at radius 1 is 1.37 bits per heavy atom. The van der Waals surface area contributed by atoms with Crippen LogP contribution in [0.1, 0.15) is 13.8 Å². The summed E-state index contributed by atoms with van der Waals surface area (Å²) in [5.41, 5.74) is 0.968. The Balaban J connectivity index is 2.37. The molecule has 0 bridgehead atoms. The monoisotopic (exact) mass is 292 g/mol. The molecule has 98 valence electrons. The Hall–Kier alpha value is -1.51. The second kappa shape index (κ2) is 6.09. The molecule has 19 heavy (non-hydrogen) atoms. The van der Waals surface area contributed by atoms with E-state index in [1.165, 1.54) is 11.8 Å². The van der Waals surface area contributed by atoms with Gasteiger partial charge in [-0.1, -0.05) is 23.4 Å². The van der Waals surface area contributed by atoms with Gasteiger partial charge in [-0.3, -0.25) is 0 Å². The van der Waals surface area contributed by atoms with Crippen LogP contribution in [0.3, 0.4) is 0 Å². The standard InChI is InChI=1S/C13H13ClN4S/c1-3-18-12(10-4-6-11(14)7-5-10)16-17-13(18)19-9(2)8-15/h4-7,9H,3H2,1-2H3/t9-/m0/s1. The number of nitriles is 1. The molecule has 0 aliphatic rings. The van der Waals surface area contributed by atoms with Crippen LogP contribution < -0.4 is 0 Å². The third-order valence-electron chi connectivity index (χ3n) is 2.60. The molecular formula is C13H13ClN4S. The smallest absolute Gasteiger partial charge is 0.192 e. The quantitative estimate of drug-likeness (QED) is 0.808. The topological polar surface area (TPSA) is 54.5 Å². The first-order valence-corrected chi connectivity index (χ1v) is 7.17. The molecule has 2 rings (SSSR count). The highest BCUT2D eigenvalue weighted by molar-refractivity contribution is 8.00. The molecule has 0 fully saturated rings. The second-order valence-corrected chi connectivity index (χ2v) is 5.69. The molecule has 1 heterocycles. The molecule has 0 aliphatic heterocycles. The van der Waals surface area contributed by atoms with Gasteiger partial charge < -0.3 is 4.57 Å². The van der Waals surface area contributed by atoms with Crippen LogP contribution in [-0.2, 0) is 6.54 Å². The number of rotatable bonds is 4. The van der Waals surface area contributed by atoms with Gasteiger partial charge in [0.05, 0.1) is 11.3 Å². The van der Waals surface area contributed by atoms with Crippen molar-refractivity contribution >= 4 is 23.4 Å². The van der Waals surface area contributed by atoms with Crippen molar-refractivity contribution in [3.05, 3.63) is 29.3 Å². The largest absolute Gasteiger partial charge is 0.302 e. The summed E-state index contributed by atoms with van der Waals surface area (Å²) in [4.78, 5) is 0. The fraction of sp³-hybridized carbons (Fsp3) is 0.308. The average Bonchev–Trinajstić information content (AvgIpc) is 2.82. The van der Waals surface area contributed by atoms with Gasteiger partial charge >= 0.3 is 0 Å². The SMILES string of the molecule is CCn1c(S[C@@H](C)C#N)nnc1-c1ccc(Cl)cc1. The maximum absolute atomic E-state index is 8.87. The highest BCUT2D eigenvalue weighted by atomic mass is 35.5. The Labute approximate surface area is 121 Å². The van der Waals surface area contributed by atoms with Crippen molar-refractivity contribution < 1.29 is 0 Å².